The van der Waals surface area contributed by atoms with Crippen molar-refractivity contribution in [2.75, 3.05) is 13.7 Å². The van der Waals surface area contributed by atoms with Crippen LogP contribution in [-0.2, 0) is 9.53 Å². The van der Waals surface area contributed by atoms with Crippen LogP contribution in [0, 0.1) is 0 Å². The third kappa shape index (κ3) is 4.59. The second-order valence-corrected chi connectivity index (χ2v) is 9.26. The lowest BCUT2D eigenvalue weighted by Crippen LogP contribution is -2.39. The summed E-state index contributed by atoms with van der Waals surface area (Å²) in [7, 11) is 1.57. The molecule has 1 aliphatic heterocycles. The van der Waals surface area contributed by atoms with Crippen LogP contribution in [0.2, 0.25) is 10.0 Å². The highest BCUT2D eigenvalue weighted by Gasteiger charge is 2.33. The van der Waals surface area contributed by atoms with Crippen LogP contribution in [0.5, 0.6) is 5.75 Å². The molecule has 0 fully saturated rings. The molecule has 34 heavy (non-hydrogen) atoms. The van der Waals surface area contributed by atoms with Crippen molar-refractivity contribution in [2.45, 2.75) is 13.0 Å². The van der Waals surface area contributed by atoms with Gasteiger partial charge in [-0.2, -0.15) is 0 Å². The lowest BCUT2D eigenvalue weighted by atomic mass is 9.96. The van der Waals surface area contributed by atoms with Crippen molar-refractivity contribution in [2.24, 2.45) is 4.99 Å². The van der Waals surface area contributed by atoms with Gasteiger partial charge < -0.3 is 9.47 Å². The first-order valence-corrected chi connectivity index (χ1v) is 11.8. The number of esters is 1. The summed E-state index contributed by atoms with van der Waals surface area (Å²) >= 11 is 13.5. The van der Waals surface area contributed by atoms with Crippen LogP contribution in [0.3, 0.4) is 0 Å². The van der Waals surface area contributed by atoms with Crippen molar-refractivity contribution in [1.29, 1.82) is 0 Å². The van der Waals surface area contributed by atoms with Crippen molar-refractivity contribution in [3.05, 3.63) is 107 Å². The number of hydrogen-bond acceptors (Lipinski definition) is 6. The Morgan fingerprint density at radius 2 is 1.97 bits per heavy atom. The van der Waals surface area contributed by atoms with Crippen LogP contribution >= 0.6 is 34.5 Å². The Hall–Kier alpha value is -3.13. The van der Waals surface area contributed by atoms with Gasteiger partial charge in [0.25, 0.3) is 5.56 Å². The molecule has 0 amide bonds. The molecule has 0 aliphatic carbocycles. The number of thiazole rings is 1. The van der Waals surface area contributed by atoms with Gasteiger partial charge in [-0.25, -0.2) is 9.79 Å². The van der Waals surface area contributed by atoms with Gasteiger partial charge in [-0.15, -0.1) is 0 Å². The zero-order chi connectivity index (χ0) is 24.4. The largest absolute Gasteiger partial charge is 0.497 e. The molecule has 0 N–H and O–H groups in total. The molecule has 0 saturated heterocycles. The number of ether oxygens (including phenoxy) is 2. The number of allylic oxidation sites excluding steroid dienone is 1. The molecule has 1 aliphatic rings. The topological polar surface area (TPSA) is 69.9 Å². The van der Waals surface area contributed by atoms with Gasteiger partial charge in [-0.3, -0.25) is 9.36 Å². The SMILES string of the molecule is C=CCOC(=O)C1=C(C)N=c2s/c(=C/c3ccc(Cl)cc3Cl)c(=O)n2[C@H]1c1ccc(OC)cc1. The average molecular weight is 515 g/mol. The van der Waals surface area contributed by atoms with Gasteiger partial charge in [0.1, 0.15) is 12.4 Å². The van der Waals surface area contributed by atoms with Crippen LogP contribution in [0.1, 0.15) is 24.1 Å². The first kappa shape index (κ1) is 24.0. The minimum Gasteiger partial charge on any atom is -0.497 e. The number of nitrogens with zero attached hydrogens (tertiary/aromatic N) is 2. The molecule has 6 nitrogen and oxygen atoms in total. The van der Waals surface area contributed by atoms with Crippen LogP contribution in [0.15, 0.2) is 76.2 Å². The van der Waals surface area contributed by atoms with Crippen LogP contribution < -0.4 is 19.6 Å². The summed E-state index contributed by atoms with van der Waals surface area (Å²) in [5.41, 5.74) is 1.84. The first-order valence-electron chi connectivity index (χ1n) is 10.2. The molecule has 0 radical (unpaired) electrons. The summed E-state index contributed by atoms with van der Waals surface area (Å²) in [6, 6.07) is 11.5. The van der Waals surface area contributed by atoms with E-state index in [2.05, 4.69) is 11.6 Å². The van der Waals surface area contributed by atoms with Crippen molar-refractivity contribution in [3.63, 3.8) is 0 Å². The summed E-state index contributed by atoms with van der Waals surface area (Å²) in [5, 5.41) is 0.927. The van der Waals surface area contributed by atoms with E-state index in [9.17, 15) is 9.59 Å². The number of benzene rings is 2. The van der Waals surface area contributed by atoms with Crippen LogP contribution in [-0.4, -0.2) is 24.3 Å². The van der Waals surface area contributed by atoms with Crippen molar-refractivity contribution in [3.8, 4) is 5.75 Å². The normalized spacial score (nSPS) is 15.5. The van der Waals surface area contributed by atoms with Gasteiger partial charge in [-0.1, -0.05) is 65.4 Å². The second-order valence-electron chi connectivity index (χ2n) is 7.41. The third-order valence-electron chi connectivity index (χ3n) is 5.25. The van der Waals surface area contributed by atoms with Crippen molar-refractivity contribution >= 4 is 46.6 Å². The summed E-state index contributed by atoms with van der Waals surface area (Å²) in [4.78, 5) is 31.6. The molecule has 9 heteroatoms. The van der Waals surface area contributed by atoms with Gasteiger partial charge in [-0.05, 0) is 48.4 Å². The number of halogens is 2. The smallest absolute Gasteiger partial charge is 0.338 e. The molecule has 3 aromatic rings. The maximum atomic E-state index is 13.6. The van der Waals surface area contributed by atoms with Gasteiger partial charge >= 0.3 is 5.97 Å². The molecule has 4 rings (SSSR count). The van der Waals surface area contributed by atoms with Gasteiger partial charge in [0, 0.05) is 10.0 Å². The minimum absolute atomic E-state index is 0.0461. The molecule has 0 saturated carbocycles. The Kier molecular flexibility index (Phi) is 7.07. The zero-order valence-corrected chi connectivity index (χ0v) is 20.7. The molecular weight excluding hydrogens is 495 g/mol. The van der Waals surface area contributed by atoms with E-state index >= 15 is 0 Å². The number of methoxy groups -OCH3 is 1. The van der Waals surface area contributed by atoms with E-state index in [-0.39, 0.29) is 17.7 Å². The molecule has 1 atom stereocenters. The first-order chi connectivity index (χ1) is 16.3. The molecule has 2 aromatic carbocycles. The number of aromatic nitrogens is 1. The third-order valence-corrected chi connectivity index (χ3v) is 6.80. The number of rotatable bonds is 6. The number of fused-ring (bicyclic) bond motifs is 1. The van der Waals surface area contributed by atoms with Gasteiger partial charge in [0.05, 0.1) is 29.0 Å². The Morgan fingerprint density at radius 1 is 1.24 bits per heavy atom. The zero-order valence-electron chi connectivity index (χ0n) is 18.4. The molecule has 0 bridgehead atoms. The highest BCUT2D eigenvalue weighted by Crippen LogP contribution is 2.31. The second kappa shape index (κ2) is 10.0. The highest BCUT2D eigenvalue weighted by molar-refractivity contribution is 7.07. The van der Waals surface area contributed by atoms with Crippen LogP contribution in [0.25, 0.3) is 6.08 Å². The summed E-state index contributed by atoms with van der Waals surface area (Å²) < 4.78 is 12.5. The summed E-state index contributed by atoms with van der Waals surface area (Å²) in [6.07, 6.45) is 3.18. The van der Waals surface area contributed by atoms with Crippen molar-refractivity contribution in [1.82, 2.24) is 4.57 Å². The fourth-order valence-electron chi connectivity index (χ4n) is 3.66. The Morgan fingerprint density at radius 3 is 2.62 bits per heavy atom. The summed E-state index contributed by atoms with van der Waals surface area (Å²) in [6.45, 7) is 5.37. The quantitative estimate of drug-likeness (QED) is 0.363. The van der Waals surface area contributed by atoms with Crippen LogP contribution in [0.4, 0.5) is 0 Å². The Balaban J connectivity index is 1.93. The van der Waals surface area contributed by atoms with E-state index in [4.69, 9.17) is 32.7 Å². The molecular formula is C25H20Cl2N2O4S. The standard InChI is InChI=1S/C25H20Cl2N2O4S/c1-4-11-33-24(31)21-14(2)28-25-29(22(21)15-6-9-18(32-3)10-7-15)23(30)20(34-25)12-16-5-8-17(26)13-19(16)27/h4-10,12-13,22H,1,11H2,2-3H3/b20-12+/t22-/m0/s1. The van der Waals surface area contributed by atoms with Gasteiger partial charge in [0.15, 0.2) is 4.80 Å². The fourth-order valence-corrected chi connectivity index (χ4v) is 5.16. The summed E-state index contributed by atoms with van der Waals surface area (Å²) in [5.74, 6) is 0.0991. The average Bonchev–Trinajstić information content (AvgIpc) is 3.13. The van der Waals surface area contributed by atoms with Gasteiger partial charge in [0.2, 0.25) is 0 Å². The maximum Gasteiger partial charge on any atom is 0.338 e. The highest BCUT2D eigenvalue weighted by atomic mass is 35.5. The van der Waals surface area contributed by atoms with E-state index in [1.807, 2.05) is 12.1 Å². The lowest BCUT2D eigenvalue weighted by Gasteiger charge is -2.24. The number of hydrogen-bond donors (Lipinski definition) is 0. The van der Waals surface area contributed by atoms with E-state index in [0.717, 1.165) is 5.56 Å². The monoisotopic (exact) mass is 514 g/mol. The number of carbonyl (C=O) groups excluding carboxylic acids is 1. The Labute approximate surface area is 209 Å². The van der Waals surface area contributed by atoms with E-state index in [0.29, 0.717) is 36.4 Å². The molecule has 0 unspecified atom stereocenters. The molecule has 0 spiro atoms. The molecule has 174 valence electrons. The minimum atomic E-state index is -0.720. The fraction of sp³-hybridized carbons (Fsp3) is 0.160. The van der Waals surface area contributed by atoms with E-state index in [1.54, 1.807) is 50.4 Å². The molecule has 1 aromatic heterocycles. The maximum absolute atomic E-state index is 13.6. The molecule has 2 heterocycles. The number of carbonyl (C=O) groups is 1. The predicted octanol–water partition coefficient (Wildman–Crippen LogP) is 4.28. The van der Waals surface area contributed by atoms with E-state index in [1.165, 1.54) is 22.0 Å². The van der Waals surface area contributed by atoms with E-state index < -0.39 is 12.0 Å². The predicted molar refractivity (Wildman–Crippen MR) is 134 cm³/mol. The van der Waals surface area contributed by atoms with Crippen molar-refractivity contribution < 1.29 is 14.3 Å². The lowest BCUT2D eigenvalue weighted by molar-refractivity contribution is -0.138. The Bertz CT molecular complexity index is 1490.